The van der Waals surface area contributed by atoms with Gasteiger partial charge in [-0.15, -0.1) is 0 Å². The van der Waals surface area contributed by atoms with Gasteiger partial charge in [0.25, 0.3) is 5.82 Å². The van der Waals surface area contributed by atoms with Gasteiger partial charge in [0, 0.05) is 17.5 Å². The number of pyridine rings is 1. The lowest BCUT2D eigenvalue weighted by molar-refractivity contribution is -0.366. The van der Waals surface area contributed by atoms with Crippen molar-refractivity contribution in [3.05, 3.63) is 93.9 Å². The van der Waals surface area contributed by atoms with Crippen LogP contribution in [0.15, 0.2) is 59.3 Å². The quantitative estimate of drug-likeness (QED) is 0.334. The molecular formula is C31H32N3O5+. The molecule has 8 heteroatoms. The highest BCUT2D eigenvalue weighted by molar-refractivity contribution is 5.88. The molecule has 1 aliphatic carbocycles. The van der Waals surface area contributed by atoms with Crippen molar-refractivity contribution in [1.29, 1.82) is 0 Å². The minimum Gasteiger partial charge on any atom is -0.489 e. The molecule has 2 aromatic heterocycles. The number of aliphatic hydroxyl groups is 1. The topological polar surface area (TPSA) is 110 Å². The summed E-state index contributed by atoms with van der Waals surface area (Å²) in [4.78, 5) is 16.3. The van der Waals surface area contributed by atoms with Crippen molar-refractivity contribution in [2.45, 2.75) is 51.7 Å². The number of aromatic nitrogens is 2. The first-order valence-electron chi connectivity index (χ1n) is 13.2. The Morgan fingerprint density at radius 3 is 2.51 bits per heavy atom. The standard InChI is InChI=1S/C31H31N3O5/c1-18-5-4-6-19(2)27(18)28-24(29(39-33-28)21-7-8-21)15-38-23-9-10-25(20(3)13-23)31(37)16-34(17-31)26-14-22(30(35)36)11-12-32-26/h4-6,9-14,21,37H,7-8,15-17H2,1-3H3,(H,35,36)/p+1. The lowest BCUT2D eigenvalue weighted by Gasteiger charge is -2.42. The van der Waals surface area contributed by atoms with E-state index in [1.165, 1.54) is 6.07 Å². The number of nitrogens with zero attached hydrogens (tertiary/aromatic N) is 2. The fourth-order valence-electron chi connectivity index (χ4n) is 5.61. The molecule has 0 spiro atoms. The van der Waals surface area contributed by atoms with Crippen LogP contribution < -0.4 is 14.6 Å². The van der Waals surface area contributed by atoms with E-state index in [0.29, 0.717) is 37.2 Å². The molecular weight excluding hydrogens is 494 g/mol. The maximum Gasteiger partial charge on any atom is 0.336 e. The van der Waals surface area contributed by atoms with E-state index in [4.69, 9.17) is 9.26 Å². The summed E-state index contributed by atoms with van der Waals surface area (Å²) in [6, 6.07) is 15.1. The molecule has 8 nitrogen and oxygen atoms in total. The molecule has 2 aliphatic rings. The monoisotopic (exact) mass is 526 g/mol. The summed E-state index contributed by atoms with van der Waals surface area (Å²) in [6.07, 6.45) is 3.82. The van der Waals surface area contributed by atoms with Crippen molar-refractivity contribution in [2.75, 3.05) is 18.0 Å². The second kappa shape index (κ2) is 9.54. The molecule has 1 aliphatic heterocycles. The minimum absolute atomic E-state index is 0.204. The summed E-state index contributed by atoms with van der Waals surface area (Å²) in [5.74, 6) is 1.73. The zero-order chi connectivity index (χ0) is 27.3. The highest BCUT2D eigenvalue weighted by atomic mass is 16.5. The van der Waals surface area contributed by atoms with E-state index in [2.05, 4.69) is 42.2 Å². The number of β-amino-alcohol motifs (C(OH)–C–C–N with tert-alkyl or cyclic N) is 1. The molecule has 4 aromatic rings. The predicted molar refractivity (Wildman–Crippen MR) is 145 cm³/mol. The van der Waals surface area contributed by atoms with E-state index in [0.717, 1.165) is 57.7 Å². The number of hydrogen-bond acceptors (Lipinski definition) is 6. The van der Waals surface area contributed by atoms with Gasteiger partial charge < -0.3 is 19.5 Å². The van der Waals surface area contributed by atoms with Gasteiger partial charge in [-0.2, -0.15) is 0 Å². The highest BCUT2D eigenvalue weighted by Gasteiger charge is 2.49. The van der Waals surface area contributed by atoms with E-state index in [1.54, 1.807) is 12.3 Å². The van der Waals surface area contributed by atoms with E-state index in [9.17, 15) is 15.0 Å². The number of hydrogen-bond donors (Lipinski definition) is 2. The SMILES string of the molecule is Cc1cc(OCc2c(-c3c(C)cccc3C)noc2C2CC2)ccc1C1(O)CN(c2cc(C(=O)O)cc[nH+]2)C1. The first-order chi connectivity index (χ1) is 18.7. The Balaban J connectivity index is 1.19. The highest BCUT2D eigenvalue weighted by Crippen LogP contribution is 2.45. The Labute approximate surface area is 226 Å². The van der Waals surface area contributed by atoms with Crippen molar-refractivity contribution in [3.8, 4) is 17.0 Å². The van der Waals surface area contributed by atoms with Gasteiger partial charge in [-0.3, -0.25) is 4.90 Å². The first-order valence-corrected chi connectivity index (χ1v) is 13.2. The van der Waals surface area contributed by atoms with Crippen LogP contribution in [0.2, 0.25) is 0 Å². The fraction of sp³-hybridized carbons (Fsp3) is 0.323. The van der Waals surface area contributed by atoms with Crippen LogP contribution in [0.4, 0.5) is 5.82 Å². The van der Waals surface area contributed by atoms with E-state index in [1.807, 2.05) is 30.0 Å². The van der Waals surface area contributed by atoms with Gasteiger partial charge in [-0.05, 0) is 74.1 Å². The number of carboxylic acid groups (broad SMARTS) is 1. The van der Waals surface area contributed by atoms with Crippen LogP contribution in [-0.2, 0) is 12.2 Å². The van der Waals surface area contributed by atoms with Crippen LogP contribution in [0.3, 0.4) is 0 Å². The van der Waals surface area contributed by atoms with Gasteiger partial charge in [0.15, 0.2) is 5.60 Å². The number of aromatic carboxylic acids is 1. The summed E-state index contributed by atoms with van der Waals surface area (Å²) in [6.45, 7) is 7.22. The second-order valence-corrected chi connectivity index (χ2v) is 10.8. The average molecular weight is 527 g/mol. The summed E-state index contributed by atoms with van der Waals surface area (Å²) in [5, 5.41) is 25.1. The number of aryl methyl sites for hydroxylation is 3. The van der Waals surface area contributed by atoms with Gasteiger partial charge in [0.05, 0.1) is 17.3 Å². The molecule has 3 heterocycles. The number of rotatable bonds is 8. The van der Waals surface area contributed by atoms with Crippen molar-refractivity contribution in [2.24, 2.45) is 0 Å². The normalized spacial score (nSPS) is 16.2. The number of nitrogens with one attached hydrogen (secondary N) is 1. The minimum atomic E-state index is -1.03. The predicted octanol–water partition coefficient (Wildman–Crippen LogP) is 4.94. The molecule has 0 radical (unpaired) electrons. The zero-order valence-electron chi connectivity index (χ0n) is 22.3. The largest absolute Gasteiger partial charge is 0.489 e. The van der Waals surface area contributed by atoms with Gasteiger partial charge in [0.2, 0.25) is 0 Å². The molecule has 2 fully saturated rings. The Morgan fingerprint density at radius 2 is 1.85 bits per heavy atom. The maximum absolute atomic E-state index is 11.3. The Hall–Kier alpha value is -4.17. The van der Waals surface area contributed by atoms with Crippen LogP contribution in [0.5, 0.6) is 5.75 Å². The molecule has 3 N–H and O–H groups in total. The van der Waals surface area contributed by atoms with Crippen LogP contribution >= 0.6 is 0 Å². The number of carboxylic acids is 1. The van der Waals surface area contributed by atoms with E-state index in [-0.39, 0.29) is 5.56 Å². The lowest BCUT2D eigenvalue weighted by Crippen LogP contribution is -2.61. The number of H-pyrrole nitrogens is 1. The Kier molecular flexibility index (Phi) is 6.14. The van der Waals surface area contributed by atoms with Crippen LogP contribution in [0.25, 0.3) is 11.3 Å². The third-order valence-corrected chi connectivity index (χ3v) is 7.85. The van der Waals surface area contributed by atoms with Gasteiger partial charge in [-0.25, -0.2) is 9.78 Å². The van der Waals surface area contributed by atoms with Crippen molar-refractivity contribution >= 4 is 11.8 Å². The summed E-state index contributed by atoms with van der Waals surface area (Å²) in [5.41, 5.74) is 6.21. The number of aromatic amines is 1. The van der Waals surface area contributed by atoms with Crippen molar-refractivity contribution < 1.29 is 29.3 Å². The van der Waals surface area contributed by atoms with Crippen LogP contribution in [-0.4, -0.2) is 34.4 Å². The van der Waals surface area contributed by atoms with E-state index < -0.39 is 11.6 Å². The molecule has 6 rings (SSSR count). The summed E-state index contributed by atoms with van der Waals surface area (Å²) in [7, 11) is 0. The Morgan fingerprint density at radius 1 is 1.10 bits per heavy atom. The molecule has 1 saturated heterocycles. The first kappa shape index (κ1) is 25.1. The molecule has 200 valence electrons. The summed E-state index contributed by atoms with van der Waals surface area (Å²) < 4.78 is 12.1. The Bertz CT molecular complexity index is 1550. The molecule has 2 aromatic carbocycles. The van der Waals surface area contributed by atoms with Crippen molar-refractivity contribution in [1.82, 2.24) is 5.16 Å². The maximum atomic E-state index is 11.3. The number of ether oxygens (including phenoxy) is 1. The van der Waals surface area contributed by atoms with Crippen LogP contribution in [0.1, 0.15) is 62.7 Å². The number of anilines is 1. The average Bonchev–Trinajstić information content (AvgIpc) is 3.66. The van der Waals surface area contributed by atoms with E-state index >= 15 is 0 Å². The molecule has 39 heavy (non-hydrogen) atoms. The van der Waals surface area contributed by atoms with Crippen molar-refractivity contribution in [3.63, 3.8) is 0 Å². The number of carbonyl (C=O) groups is 1. The molecule has 0 amide bonds. The summed E-state index contributed by atoms with van der Waals surface area (Å²) >= 11 is 0. The van der Waals surface area contributed by atoms with Gasteiger partial charge in [0.1, 0.15) is 36.9 Å². The molecule has 0 atom stereocenters. The zero-order valence-corrected chi connectivity index (χ0v) is 22.3. The smallest absolute Gasteiger partial charge is 0.336 e. The molecule has 0 unspecified atom stereocenters. The molecule has 0 bridgehead atoms. The second-order valence-electron chi connectivity index (χ2n) is 10.8. The fourth-order valence-corrected chi connectivity index (χ4v) is 5.61. The lowest BCUT2D eigenvalue weighted by atomic mass is 9.83. The molecule has 1 saturated carbocycles. The third-order valence-electron chi connectivity index (χ3n) is 7.85. The number of benzene rings is 2. The van der Waals surface area contributed by atoms with Gasteiger partial charge >= 0.3 is 5.97 Å². The van der Waals surface area contributed by atoms with Crippen LogP contribution in [0, 0.1) is 20.8 Å². The third kappa shape index (κ3) is 4.65. The van der Waals surface area contributed by atoms with Gasteiger partial charge in [-0.1, -0.05) is 29.4 Å².